The number of aromatic nitrogens is 1. The molecular formula is C18H15ClN2O. The van der Waals surface area contributed by atoms with Gasteiger partial charge in [0.15, 0.2) is 0 Å². The Hall–Kier alpha value is -2.52. The number of halogens is 1. The molecule has 0 saturated heterocycles. The molecule has 1 N–H and O–H groups in total. The summed E-state index contributed by atoms with van der Waals surface area (Å²) in [6, 6.07) is 21.1. The van der Waals surface area contributed by atoms with Crippen molar-refractivity contribution < 1.29 is 4.74 Å². The summed E-state index contributed by atoms with van der Waals surface area (Å²) >= 11 is 5.94. The van der Waals surface area contributed by atoms with E-state index in [2.05, 4.69) is 10.3 Å². The van der Waals surface area contributed by atoms with Crippen LogP contribution in [-0.4, -0.2) is 4.98 Å². The normalized spacial score (nSPS) is 10.2. The highest BCUT2D eigenvalue weighted by Crippen LogP contribution is 2.24. The van der Waals surface area contributed by atoms with Gasteiger partial charge >= 0.3 is 0 Å². The van der Waals surface area contributed by atoms with Crippen molar-refractivity contribution in [2.75, 3.05) is 5.32 Å². The van der Waals surface area contributed by atoms with Gasteiger partial charge in [0.1, 0.15) is 17.3 Å². The van der Waals surface area contributed by atoms with Crippen LogP contribution in [0.25, 0.3) is 0 Å². The highest BCUT2D eigenvalue weighted by molar-refractivity contribution is 6.30. The van der Waals surface area contributed by atoms with Crippen molar-refractivity contribution in [2.45, 2.75) is 6.54 Å². The van der Waals surface area contributed by atoms with Crippen LogP contribution in [0, 0.1) is 0 Å². The van der Waals surface area contributed by atoms with E-state index < -0.39 is 0 Å². The van der Waals surface area contributed by atoms with Gasteiger partial charge in [0.05, 0.1) is 0 Å². The van der Waals surface area contributed by atoms with Crippen molar-refractivity contribution >= 4 is 17.4 Å². The predicted octanol–water partition coefficient (Wildman–Crippen LogP) is 5.14. The third-order valence-electron chi connectivity index (χ3n) is 3.09. The molecule has 0 amide bonds. The number of nitrogens with one attached hydrogen (secondary N) is 1. The van der Waals surface area contributed by atoms with Gasteiger partial charge in [0.25, 0.3) is 0 Å². The summed E-state index contributed by atoms with van der Waals surface area (Å²) < 4.78 is 5.76. The second kappa shape index (κ2) is 6.96. The monoisotopic (exact) mass is 310 g/mol. The Labute approximate surface area is 134 Å². The van der Waals surface area contributed by atoms with Crippen molar-refractivity contribution in [2.24, 2.45) is 0 Å². The molecule has 0 saturated carbocycles. The number of pyridine rings is 1. The summed E-state index contributed by atoms with van der Waals surface area (Å²) in [5.74, 6) is 2.37. The lowest BCUT2D eigenvalue weighted by Gasteiger charge is -2.08. The first-order chi connectivity index (χ1) is 10.8. The van der Waals surface area contributed by atoms with Crippen molar-refractivity contribution in [1.29, 1.82) is 0 Å². The zero-order valence-electron chi connectivity index (χ0n) is 11.9. The largest absolute Gasteiger partial charge is 0.457 e. The Morgan fingerprint density at radius 1 is 0.909 bits per heavy atom. The zero-order chi connectivity index (χ0) is 15.2. The molecule has 1 aromatic heterocycles. The summed E-state index contributed by atoms with van der Waals surface area (Å²) in [7, 11) is 0. The van der Waals surface area contributed by atoms with Crippen molar-refractivity contribution in [3.8, 4) is 11.5 Å². The second-order valence-electron chi connectivity index (χ2n) is 4.77. The van der Waals surface area contributed by atoms with Gasteiger partial charge in [0.2, 0.25) is 0 Å². The van der Waals surface area contributed by atoms with Crippen LogP contribution in [0.5, 0.6) is 11.5 Å². The molecule has 0 aliphatic rings. The van der Waals surface area contributed by atoms with Crippen LogP contribution in [0.1, 0.15) is 5.56 Å². The maximum atomic E-state index is 5.94. The minimum absolute atomic E-state index is 0.661. The fourth-order valence-electron chi connectivity index (χ4n) is 2.00. The molecular weight excluding hydrogens is 296 g/mol. The van der Waals surface area contributed by atoms with Gasteiger partial charge in [-0.3, -0.25) is 0 Å². The van der Waals surface area contributed by atoms with Gasteiger partial charge in [-0.25, -0.2) is 4.98 Å². The average Bonchev–Trinajstić information content (AvgIpc) is 2.55. The third-order valence-corrected chi connectivity index (χ3v) is 3.33. The van der Waals surface area contributed by atoms with E-state index in [1.54, 1.807) is 12.3 Å². The molecule has 3 nitrogen and oxygen atoms in total. The molecule has 0 aliphatic heterocycles. The number of benzene rings is 2. The number of hydrogen-bond acceptors (Lipinski definition) is 3. The Kier molecular flexibility index (Phi) is 4.56. The summed E-state index contributed by atoms with van der Waals surface area (Å²) in [6.07, 6.45) is 1.77. The summed E-state index contributed by atoms with van der Waals surface area (Å²) in [6.45, 7) is 0.717. The van der Waals surface area contributed by atoms with Crippen molar-refractivity contribution in [3.63, 3.8) is 0 Å². The zero-order valence-corrected chi connectivity index (χ0v) is 12.6. The molecule has 0 atom stereocenters. The van der Waals surface area contributed by atoms with E-state index in [1.807, 2.05) is 60.7 Å². The molecule has 0 bridgehead atoms. The van der Waals surface area contributed by atoms with Gasteiger partial charge in [-0.2, -0.15) is 0 Å². The molecule has 0 unspecified atom stereocenters. The lowest BCUT2D eigenvalue weighted by atomic mass is 10.2. The maximum absolute atomic E-state index is 5.94. The molecule has 1 heterocycles. The van der Waals surface area contributed by atoms with Crippen molar-refractivity contribution in [3.05, 3.63) is 83.5 Å². The molecule has 3 aromatic rings. The molecule has 110 valence electrons. The highest BCUT2D eigenvalue weighted by atomic mass is 35.5. The SMILES string of the molecule is Clc1cccc(Oc2ccc(CNc3ccccn3)cc2)c1. The van der Waals surface area contributed by atoms with Crippen LogP contribution in [0.2, 0.25) is 5.02 Å². The topological polar surface area (TPSA) is 34.1 Å². The van der Waals surface area contributed by atoms with Crippen LogP contribution >= 0.6 is 11.6 Å². The number of ether oxygens (including phenoxy) is 1. The first kappa shape index (κ1) is 14.4. The van der Waals surface area contributed by atoms with Gasteiger partial charge in [-0.15, -0.1) is 0 Å². The molecule has 2 aromatic carbocycles. The number of nitrogens with zero attached hydrogens (tertiary/aromatic N) is 1. The van der Waals surface area contributed by atoms with E-state index in [1.165, 1.54) is 0 Å². The lowest BCUT2D eigenvalue weighted by Crippen LogP contribution is -2.00. The molecule has 22 heavy (non-hydrogen) atoms. The quantitative estimate of drug-likeness (QED) is 0.708. The van der Waals surface area contributed by atoms with E-state index in [9.17, 15) is 0 Å². The maximum Gasteiger partial charge on any atom is 0.128 e. The second-order valence-corrected chi connectivity index (χ2v) is 5.21. The molecule has 0 spiro atoms. The minimum atomic E-state index is 0.661. The van der Waals surface area contributed by atoms with E-state index in [4.69, 9.17) is 16.3 Å². The summed E-state index contributed by atoms with van der Waals surface area (Å²) in [5, 5.41) is 3.93. The Morgan fingerprint density at radius 3 is 2.50 bits per heavy atom. The summed E-state index contributed by atoms with van der Waals surface area (Å²) in [5.41, 5.74) is 1.16. The first-order valence-electron chi connectivity index (χ1n) is 6.97. The van der Waals surface area contributed by atoms with E-state index in [0.717, 1.165) is 22.9 Å². The molecule has 0 radical (unpaired) electrons. The van der Waals surface area contributed by atoms with Gasteiger partial charge in [-0.05, 0) is 48.0 Å². The molecule has 3 rings (SSSR count). The Bertz CT molecular complexity index is 730. The molecule has 0 aliphatic carbocycles. The van der Waals surface area contributed by atoms with Crippen LogP contribution in [0.4, 0.5) is 5.82 Å². The lowest BCUT2D eigenvalue weighted by molar-refractivity contribution is 0.482. The van der Waals surface area contributed by atoms with Crippen molar-refractivity contribution in [1.82, 2.24) is 4.98 Å². The van der Waals surface area contributed by atoms with Gasteiger partial charge in [-0.1, -0.05) is 35.9 Å². The Morgan fingerprint density at radius 2 is 1.77 bits per heavy atom. The average molecular weight is 311 g/mol. The fourth-order valence-corrected chi connectivity index (χ4v) is 2.18. The van der Waals surface area contributed by atoms with Crippen LogP contribution in [-0.2, 0) is 6.54 Å². The number of rotatable bonds is 5. The fraction of sp³-hybridized carbons (Fsp3) is 0.0556. The van der Waals surface area contributed by atoms with Crippen LogP contribution in [0.15, 0.2) is 72.9 Å². The minimum Gasteiger partial charge on any atom is -0.457 e. The van der Waals surface area contributed by atoms with Gasteiger partial charge in [0, 0.05) is 17.8 Å². The first-order valence-corrected chi connectivity index (χ1v) is 7.35. The number of hydrogen-bond donors (Lipinski definition) is 1. The smallest absolute Gasteiger partial charge is 0.128 e. The molecule has 4 heteroatoms. The predicted molar refractivity (Wildman–Crippen MR) is 89.5 cm³/mol. The summed E-state index contributed by atoms with van der Waals surface area (Å²) in [4.78, 5) is 4.23. The number of anilines is 1. The van der Waals surface area contributed by atoms with Gasteiger partial charge < -0.3 is 10.1 Å². The van der Waals surface area contributed by atoms with Crippen LogP contribution < -0.4 is 10.1 Å². The van der Waals surface area contributed by atoms with E-state index in [0.29, 0.717) is 11.6 Å². The van der Waals surface area contributed by atoms with E-state index >= 15 is 0 Å². The van der Waals surface area contributed by atoms with Crippen LogP contribution in [0.3, 0.4) is 0 Å². The Balaban J connectivity index is 1.60. The third kappa shape index (κ3) is 3.99. The van der Waals surface area contributed by atoms with E-state index in [-0.39, 0.29) is 0 Å². The highest BCUT2D eigenvalue weighted by Gasteiger charge is 1.99. The molecule has 0 fully saturated rings. The standard InChI is InChI=1S/C18H15ClN2O/c19-15-4-3-5-17(12-15)22-16-9-7-14(8-10-16)13-21-18-6-1-2-11-20-18/h1-12H,13H2,(H,20,21).